The summed E-state index contributed by atoms with van der Waals surface area (Å²) in [4.78, 5) is 3.74. The number of nitrogens with zero attached hydrogens (tertiary/aromatic N) is 1. The van der Waals surface area contributed by atoms with E-state index in [-0.39, 0.29) is 0 Å². The van der Waals surface area contributed by atoms with Crippen molar-refractivity contribution >= 4 is 11.3 Å². The van der Waals surface area contributed by atoms with E-state index in [4.69, 9.17) is 5.73 Å². The molecule has 0 unspecified atom stereocenters. The van der Waals surface area contributed by atoms with Gasteiger partial charge in [-0.05, 0) is 0 Å². The monoisotopic (exact) mass is 142 g/mol. The van der Waals surface area contributed by atoms with Crippen LogP contribution in [0.2, 0.25) is 0 Å². The Labute approximate surface area is 59.0 Å². The van der Waals surface area contributed by atoms with Crippen LogP contribution >= 0.6 is 11.3 Å². The van der Waals surface area contributed by atoms with Crippen LogP contribution in [0, 0.1) is 0 Å². The van der Waals surface area contributed by atoms with Crippen LogP contribution in [-0.4, -0.2) is 11.5 Å². The highest BCUT2D eigenvalue weighted by Crippen LogP contribution is 1.85. The van der Waals surface area contributed by atoms with E-state index >= 15 is 0 Å². The minimum Gasteiger partial charge on any atom is -0.327 e. The Hall–Kier alpha value is -0.670. The van der Waals surface area contributed by atoms with Gasteiger partial charge in [-0.15, -0.1) is 17.9 Å². The highest BCUT2D eigenvalue weighted by molar-refractivity contribution is 7.07. The first kappa shape index (κ1) is 8.33. The molecular formula is C6H10N2S. The summed E-state index contributed by atoms with van der Waals surface area (Å²) in [5.41, 5.74) is 6.70. The first-order chi connectivity index (χ1) is 4.41. The minimum atomic E-state index is 0.583. The second kappa shape index (κ2) is 7.33. The third kappa shape index (κ3) is 7.33. The molecule has 1 aromatic rings. The fourth-order valence-corrected chi connectivity index (χ4v) is 0.527. The van der Waals surface area contributed by atoms with Gasteiger partial charge in [-0.25, -0.2) is 0 Å². The van der Waals surface area contributed by atoms with Crippen LogP contribution in [0.15, 0.2) is 29.7 Å². The van der Waals surface area contributed by atoms with Gasteiger partial charge < -0.3 is 5.73 Å². The SMILES string of the molecule is C=CCN.c1cscn1. The molecule has 0 radical (unpaired) electrons. The molecule has 9 heavy (non-hydrogen) atoms. The van der Waals surface area contributed by atoms with Crippen molar-refractivity contribution in [3.05, 3.63) is 29.7 Å². The van der Waals surface area contributed by atoms with Crippen LogP contribution in [0.25, 0.3) is 0 Å². The maximum atomic E-state index is 4.91. The van der Waals surface area contributed by atoms with Crippen LogP contribution < -0.4 is 5.73 Å². The molecule has 0 spiro atoms. The maximum Gasteiger partial charge on any atom is 0.0791 e. The van der Waals surface area contributed by atoms with Crippen LogP contribution in [0.5, 0.6) is 0 Å². The Balaban J connectivity index is 0.000000148. The average Bonchev–Trinajstić information content (AvgIpc) is 2.43. The van der Waals surface area contributed by atoms with Crippen molar-refractivity contribution in [3.8, 4) is 0 Å². The predicted octanol–water partition coefficient (Wildman–Crippen LogP) is 1.27. The number of hydrogen-bond acceptors (Lipinski definition) is 3. The number of aromatic nitrogens is 1. The maximum absolute atomic E-state index is 4.91. The van der Waals surface area contributed by atoms with Crippen molar-refractivity contribution in [3.63, 3.8) is 0 Å². The summed E-state index contributed by atoms with van der Waals surface area (Å²) in [5.74, 6) is 0. The molecule has 50 valence electrons. The topological polar surface area (TPSA) is 38.9 Å². The predicted molar refractivity (Wildman–Crippen MR) is 41.4 cm³/mol. The van der Waals surface area contributed by atoms with Crippen molar-refractivity contribution in [2.75, 3.05) is 6.54 Å². The lowest BCUT2D eigenvalue weighted by molar-refractivity contribution is 1.26. The van der Waals surface area contributed by atoms with E-state index in [9.17, 15) is 0 Å². The van der Waals surface area contributed by atoms with Gasteiger partial charge in [0.25, 0.3) is 0 Å². The highest BCUT2D eigenvalue weighted by Gasteiger charge is 1.59. The lowest BCUT2D eigenvalue weighted by Crippen LogP contribution is -1.90. The van der Waals surface area contributed by atoms with E-state index < -0.39 is 0 Å². The van der Waals surface area contributed by atoms with Crippen LogP contribution in [0.4, 0.5) is 0 Å². The molecule has 2 N–H and O–H groups in total. The van der Waals surface area contributed by atoms with Gasteiger partial charge in [-0.1, -0.05) is 6.08 Å². The molecule has 1 heterocycles. The van der Waals surface area contributed by atoms with Crippen LogP contribution in [0.1, 0.15) is 0 Å². The van der Waals surface area contributed by atoms with Crippen LogP contribution in [-0.2, 0) is 0 Å². The van der Waals surface area contributed by atoms with E-state index in [0.717, 1.165) is 0 Å². The van der Waals surface area contributed by atoms with Crippen molar-refractivity contribution in [2.24, 2.45) is 5.73 Å². The van der Waals surface area contributed by atoms with Gasteiger partial charge in [0.15, 0.2) is 0 Å². The fourth-order valence-electron chi connectivity index (χ4n) is 0.176. The number of rotatable bonds is 1. The Kier molecular flexibility index (Phi) is 6.78. The Morgan fingerprint density at radius 1 is 1.78 bits per heavy atom. The third-order valence-corrected chi connectivity index (χ3v) is 1.04. The van der Waals surface area contributed by atoms with Crippen LogP contribution in [0.3, 0.4) is 0 Å². The molecule has 0 amide bonds. The minimum absolute atomic E-state index is 0.583. The van der Waals surface area contributed by atoms with Gasteiger partial charge in [-0.2, -0.15) is 0 Å². The van der Waals surface area contributed by atoms with E-state index in [1.54, 1.807) is 29.1 Å². The Morgan fingerprint density at radius 2 is 2.44 bits per heavy atom. The van der Waals surface area contributed by atoms with Crippen molar-refractivity contribution in [2.45, 2.75) is 0 Å². The highest BCUT2D eigenvalue weighted by atomic mass is 32.1. The molecule has 2 nitrogen and oxygen atoms in total. The zero-order valence-electron chi connectivity index (χ0n) is 5.16. The molecule has 0 saturated heterocycles. The van der Waals surface area contributed by atoms with E-state index in [2.05, 4.69) is 11.6 Å². The zero-order valence-corrected chi connectivity index (χ0v) is 5.97. The van der Waals surface area contributed by atoms with Crippen molar-refractivity contribution in [1.29, 1.82) is 0 Å². The largest absolute Gasteiger partial charge is 0.327 e. The normalized spacial score (nSPS) is 7.22. The van der Waals surface area contributed by atoms with Gasteiger partial charge in [0.1, 0.15) is 0 Å². The van der Waals surface area contributed by atoms with Gasteiger partial charge in [0, 0.05) is 18.1 Å². The Morgan fingerprint density at radius 3 is 2.56 bits per heavy atom. The molecule has 0 aliphatic carbocycles. The van der Waals surface area contributed by atoms with Crippen molar-refractivity contribution in [1.82, 2.24) is 4.98 Å². The van der Waals surface area contributed by atoms with Gasteiger partial charge in [0.05, 0.1) is 5.51 Å². The second-order valence-corrected chi connectivity index (χ2v) is 1.96. The quantitative estimate of drug-likeness (QED) is 0.600. The molecule has 0 bridgehead atoms. The van der Waals surface area contributed by atoms with E-state index in [1.807, 2.05) is 5.38 Å². The summed E-state index contributed by atoms with van der Waals surface area (Å²) < 4.78 is 0. The second-order valence-electron chi connectivity index (χ2n) is 1.20. The molecule has 0 saturated carbocycles. The zero-order chi connectivity index (χ0) is 6.95. The molecule has 0 aromatic carbocycles. The molecule has 0 aliphatic rings. The molecule has 1 aromatic heterocycles. The first-order valence-corrected chi connectivity index (χ1v) is 3.49. The molecule has 0 fully saturated rings. The first-order valence-electron chi connectivity index (χ1n) is 2.55. The average molecular weight is 142 g/mol. The number of thiazole rings is 1. The Bertz CT molecular complexity index is 108. The lowest BCUT2D eigenvalue weighted by atomic mass is 10.7. The number of nitrogens with two attached hydrogens (primary N) is 1. The van der Waals surface area contributed by atoms with Crippen molar-refractivity contribution < 1.29 is 0 Å². The van der Waals surface area contributed by atoms with Gasteiger partial charge in [0.2, 0.25) is 0 Å². The molecule has 0 aliphatic heterocycles. The molecule has 0 atom stereocenters. The summed E-state index contributed by atoms with van der Waals surface area (Å²) in [6.45, 7) is 3.94. The summed E-state index contributed by atoms with van der Waals surface area (Å²) >= 11 is 1.60. The summed E-state index contributed by atoms with van der Waals surface area (Å²) in [6, 6.07) is 0. The molecule has 3 heteroatoms. The molecular weight excluding hydrogens is 132 g/mol. The standard InChI is InChI=1S/C3H3NS.C3H7N/c1-2-5-3-4-1;1-2-3-4/h1-3H;2H,1,3-4H2. The summed E-state index contributed by atoms with van der Waals surface area (Å²) in [5, 5.41) is 1.93. The number of hydrogen-bond donors (Lipinski definition) is 1. The lowest BCUT2D eigenvalue weighted by Gasteiger charge is -1.61. The summed E-state index contributed by atoms with van der Waals surface area (Å²) in [6.07, 6.45) is 3.42. The van der Waals surface area contributed by atoms with E-state index in [0.29, 0.717) is 6.54 Å². The smallest absolute Gasteiger partial charge is 0.0791 e. The fraction of sp³-hybridized carbons (Fsp3) is 0.167. The van der Waals surface area contributed by atoms with Gasteiger partial charge >= 0.3 is 0 Å². The summed E-state index contributed by atoms with van der Waals surface area (Å²) in [7, 11) is 0. The third-order valence-electron chi connectivity index (χ3n) is 0.514. The molecule has 1 rings (SSSR count). The van der Waals surface area contributed by atoms with E-state index in [1.165, 1.54) is 0 Å². The van der Waals surface area contributed by atoms with Gasteiger partial charge in [-0.3, -0.25) is 4.98 Å².